The second kappa shape index (κ2) is 21.1. The molecule has 2 nitrogen and oxygen atoms in total. The van der Waals surface area contributed by atoms with E-state index in [0.29, 0.717) is 23.4 Å². The van der Waals surface area contributed by atoms with Crippen LogP contribution in [0.1, 0.15) is 101 Å². The molecule has 0 amide bonds. The molecule has 0 radical (unpaired) electrons. The van der Waals surface area contributed by atoms with Crippen LogP contribution in [0.5, 0.6) is 0 Å². The van der Waals surface area contributed by atoms with Crippen molar-refractivity contribution in [1.82, 2.24) is 0 Å². The first kappa shape index (κ1) is 30.0. The summed E-state index contributed by atoms with van der Waals surface area (Å²) in [5.41, 5.74) is 0. The molecule has 2 heteroatoms. The van der Waals surface area contributed by atoms with Crippen molar-refractivity contribution in [3.8, 4) is 0 Å². The van der Waals surface area contributed by atoms with Gasteiger partial charge in [0.25, 0.3) is 0 Å². The Kier molecular flexibility index (Phi) is 27.5. The van der Waals surface area contributed by atoms with Gasteiger partial charge in [-0.15, -0.1) is 0 Å². The first-order valence-corrected chi connectivity index (χ1v) is 8.54. The van der Waals surface area contributed by atoms with E-state index < -0.39 is 0 Å². The van der Waals surface area contributed by atoms with E-state index >= 15 is 0 Å². The first-order chi connectivity index (χ1) is 9.90. The molecule has 0 saturated heterocycles. The average molecular weight is 329 g/mol. The Labute approximate surface area is 147 Å². The molecule has 140 valence electrons. The van der Waals surface area contributed by atoms with E-state index in [2.05, 4.69) is 39.8 Å². The van der Waals surface area contributed by atoms with Crippen LogP contribution in [0.3, 0.4) is 0 Å². The Balaban J connectivity index is -0.000000149. The van der Waals surface area contributed by atoms with Crippen molar-refractivity contribution in [2.45, 2.75) is 101 Å². The largest absolute Gasteiger partial charge is 0.300 e. The minimum atomic E-state index is 0. The molecule has 0 aromatic heterocycles. The summed E-state index contributed by atoms with van der Waals surface area (Å²) in [6.07, 6.45) is 11.4. The van der Waals surface area contributed by atoms with Crippen LogP contribution in [0.2, 0.25) is 0 Å². The van der Waals surface area contributed by atoms with Crippen LogP contribution in [0.25, 0.3) is 0 Å². The van der Waals surface area contributed by atoms with E-state index in [1.54, 1.807) is 13.8 Å². The van der Waals surface area contributed by atoms with Crippen LogP contribution in [0.4, 0.5) is 0 Å². The summed E-state index contributed by atoms with van der Waals surface area (Å²) in [5, 5.41) is 0. The minimum Gasteiger partial charge on any atom is -0.300 e. The summed E-state index contributed by atoms with van der Waals surface area (Å²) in [6.45, 7) is 11.9. The van der Waals surface area contributed by atoms with E-state index in [4.69, 9.17) is 0 Å². The highest BCUT2D eigenvalue weighted by atomic mass is 16.1. The van der Waals surface area contributed by atoms with Crippen LogP contribution >= 0.6 is 0 Å². The van der Waals surface area contributed by atoms with Gasteiger partial charge in [0.2, 0.25) is 0 Å². The summed E-state index contributed by atoms with van der Waals surface area (Å²) in [7, 11) is 0. The molecule has 23 heavy (non-hydrogen) atoms. The maximum absolute atomic E-state index is 10.8. The van der Waals surface area contributed by atoms with Crippen molar-refractivity contribution in [2.75, 3.05) is 0 Å². The number of allylic oxidation sites excluding steroid dienone is 2. The van der Waals surface area contributed by atoms with Gasteiger partial charge in [-0.1, -0.05) is 74.0 Å². The molecule has 0 saturated carbocycles. The van der Waals surface area contributed by atoms with Gasteiger partial charge in [0, 0.05) is 12.8 Å². The molecule has 0 fully saturated rings. The van der Waals surface area contributed by atoms with Crippen LogP contribution < -0.4 is 0 Å². The van der Waals surface area contributed by atoms with Crippen molar-refractivity contribution in [1.29, 1.82) is 0 Å². The number of carbonyl (C=O) groups is 2. The van der Waals surface area contributed by atoms with Crippen molar-refractivity contribution in [3.63, 3.8) is 0 Å². The summed E-state index contributed by atoms with van der Waals surface area (Å²) < 4.78 is 0. The van der Waals surface area contributed by atoms with E-state index in [1.165, 1.54) is 0 Å². The summed E-state index contributed by atoms with van der Waals surface area (Å²) in [4.78, 5) is 21.4. The van der Waals surface area contributed by atoms with Crippen molar-refractivity contribution >= 4 is 11.6 Å². The number of carbonyl (C=O) groups excluding carboxylic acids is 2. The highest BCUT2D eigenvalue weighted by molar-refractivity contribution is 5.76. The first-order valence-electron chi connectivity index (χ1n) is 8.54. The maximum Gasteiger partial charge on any atom is 0.130 e. The summed E-state index contributed by atoms with van der Waals surface area (Å²) in [6, 6.07) is 0. The molecular weight excluding hydrogens is 284 g/mol. The fourth-order valence-electron chi connectivity index (χ4n) is 2.24. The smallest absolute Gasteiger partial charge is 0.130 e. The molecule has 1 atom stereocenters. The molecule has 0 bridgehead atoms. The third kappa shape index (κ3) is 23.5. The van der Waals surface area contributed by atoms with Crippen molar-refractivity contribution in [3.05, 3.63) is 12.2 Å². The normalized spacial score (nSPS) is 11.1. The second-order valence-electron chi connectivity index (χ2n) is 5.88. The molecule has 0 aliphatic rings. The van der Waals surface area contributed by atoms with Gasteiger partial charge in [-0.2, -0.15) is 0 Å². The van der Waals surface area contributed by atoms with Gasteiger partial charge in [0.05, 0.1) is 0 Å². The highest BCUT2D eigenvalue weighted by Crippen LogP contribution is 2.14. The molecule has 0 rings (SSSR count). The van der Waals surface area contributed by atoms with E-state index in [-0.39, 0.29) is 14.9 Å². The Morgan fingerprint density at radius 2 is 1.13 bits per heavy atom. The van der Waals surface area contributed by atoms with Crippen LogP contribution in [0, 0.1) is 11.8 Å². The average Bonchev–Trinajstić information content (AvgIpc) is 2.43. The van der Waals surface area contributed by atoms with E-state index in [9.17, 15) is 9.59 Å². The van der Waals surface area contributed by atoms with Gasteiger partial charge >= 0.3 is 0 Å². The topological polar surface area (TPSA) is 34.1 Å². The molecular formula is C21H44O2. The van der Waals surface area contributed by atoms with Crippen molar-refractivity contribution in [2.24, 2.45) is 11.8 Å². The van der Waals surface area contributed by atoms with E-state index in [1.807, 2.05) is 0 Å². The Hall–Kier alpha value is -0.920. The van der Waals surface area contributed by atoms with Crippen LogP contribution in [-0.4, -0.2) is 11.6 Å². The lowest BCUT2D eigenvalue weighted by molar-refractivity contribution is -0.118. The molecule has 1 unspecified atom stereocenters. The quantitative estimate of drug-likeness (QED) is 0.404. The van der Waals surface area contributed by atoms with E-state index in [0.717, 1.165) is 44.9 Å². The Morgan fingerprint density at radius 3 is 1.39 bits per heavy atom. The third-order valence-electron chi connectivity index (χ3n) is 3.76. The SMILES string of the molecule is C.C.CCC(CC)CC(C)=O.CCC=CCC(CC)CC(C)=O. The van der Waals surface area contributed by atoms with Crippen molar-refractivity contribution < 1.29 is 9.59 Å². The molecule has 0 spiro atoms. The molecule has 0 aliphatic carbocycles. The maximum atomic E-state index is 10.8. The van der Waals surface area contributed by atoms with Crippen LogP contribution in [0.15, 0.2) is 12.2 Å². The van der Waals surface area contributed by atoms with Crippen LogP contribution in [-0.2, 0) is 9.59 Å². The molecule has 0 aromatic carbocycles. The lowest BCUT2D eigenvalue weighted by Gasteiger charge is -2.08. The summed E-state index contributed by atoms with van der Waals surface area (Å²) in [5.74, 6) is 1.82. The number of ketones is 2. The molecule has 0 heterocycles. The fraction of sp³-hybridized carbons (Fsp3) is 0.810. The van der Waals surface area contributed by atoms with Gasteiger partial charge in [-0.3, -0.25) is 0 Å². The zero-order valence-corrected chi connectivity index (χ0v) is 15.1. The lowest BCUT2D eigenvalue weighted by Crippen LogP contribution is -2.03. The number of Topliss-reactive ketones (excluding diaryl/α,β-unsaturated/α-hetero) is 2. The number of hydrogen-bond acceptors (Lipinski definition) is 2. The lowest BCUT2D eigenvalue weighted by atomic mass is 9.96. The summed E-state index contributed by atoms with van der Waals surface area (Å²) >= 11 is 0. The molecule has 0 N–H and O–H groups in total. The second-order valence-corrected chi connectivity index (χ2v) is 5.88. The standard InChI is InChI=1S/C11H20O.C8H16O.2CH4/c1-4-6-7-8-11(5-2)9-10(3)12;1-4-8(5-2)6-7(3)9;;/h6-7,11H,4-5,8-9H2,1-3H3;8H,4-6H2,1-3H3;2*1H4. The Morgan fingerprint density at radius 1 is 0.739 bits per heavy atom. The van der Waals surface area contributed by atoms with Gasteiger partial charge in [0.15, 0.2) is 0 Å². The highest BCUT2D eigenvalue weighted by Gasteiger charge is 2.06. The predicted octanol–water partition coefficient (Wildman–Crippen LogP) is 7.02. The zero-order valence-electron chi connectivity index (χ0n) is 15.1. The molecule has 0 aromatic rings. The minimum absolute atomic E-state index is 0. The number of rotatable bonds is 10. The van der Waals surface area contributed by atoms with Gasteiger partial charge < -0.3 is 9.59 Å². The fourth-order valence-corrected chi connectivity index (χ4v) is 2.24. The number of hydrogen-bond donors (Lipinski definition) is 0. The van der Waals surface area contributed by atoms with Gasteiger partial charge in [0.1, 0.15) is 11.6 Å². The zero-order chi connectivity index (χ0) is 16.7. The van der Waals surface area contributed by atoms with Gasteiger partial charge in [-0.05, 0) is 38.5 Å². The monoisotopic (exact) mass is 328 g/mol. The van der Waals surface area contributed by atoms with Gasteiger partial charge in [-0.25, -0.2) is 0 Å². The third-order valence-corrected chi connectivity index (χ3v) is 3.76. The molecule has 0 aliphatic heterocycles. The predicted molar refractivity (Wildman–Crippen MR) is 106 cm³/mol. The Bertz CT molecular complexity index is 288.